The van der Waals surface area contributed by atoms with Gasteiger partial charge in [0.05, 0.1) is 13.2 Å². The van der Waals surface area contributed by atoms with Crippen LogP contribution in [0.2, 0.25) is 0 Å². The maximum Gasteiger partial charge on any atom is 0.118 e. The molecule has 1 rings (SSSR count). The molecule has 1 aromatic rings. The summed E-state index contributed by atoms with van der Waals surface area (Å²) in [6.07, 6.45) is 0.528. The van der Waals surface area contributed by atoms with Gasteiger partial charge in [-0.15, -0.1) is 0 Å². The third-order valence-electron chi connectivity index (χ3n) is 3.07. The van der Waals surface area contributed by atoms with Crippen LogP contribution in [0.3, 0.4) is 0 Å². The summed E-state index contributed by atoms with van der Waals surface area (Å²) in [5, 5.41) is 12.8. The number of aliphatic hydroxyl groups excluding tert-OH is 1. The Labute approximate surface area is 110 Å². The van der Waals surface area contributed by atoms with Gasteiger partial charge in [-0.1, -0.05) is 26.0 Å². The minimum atomic E-state index is -0.249. The Bertz CT molecular complexity index is 333. The molecule has 2 atom stereocenters. The van der Waals surface area contributed by atoms with E-state index in [4.69, 9.17) is 4.74 Å². The molecule has 0 saturated carbocycles. The minimum Gasteiger partial charge on any atom is -0.497 e. The molecule has 0 aliphatic carbocycles. The lowest BCUT2D eigenvalue weighted by Gasteiger charge is -2.23. The van der Waals surface area contributed by atoms with Crippen LogP contribution < -0.4 is 10.1 Å². The Kier molecular flexibility index (Phi) is 6.16. The smallest absolute Gasteiger partial charge is 0.118 e. The van der Waals surface area contributed by atoms with E-state index in [-0.39, 0.29) is 6.10 Å². The van der Waals surface area contributed by atoms with Crippen molar-refractivity contribution in [3.63, 3.8) is 0 Å². The summed E-state index contributed by atoms with van der Waals surface area (Å²) in [4.78, 5) is 0. The third kappa shape index (κ3) is 4.67. The van der Waals surface area contributed by atoms with Gasteiger partial charge < -0.3 is 15.2 Å². The second-order valence-electron chi connectivity index (χ2n) is 5.09. The van der Waals surface area contributed by atoms with Gasteiger partial charge in [0.15, 0.2) is 0 Å². The molecular formula is C15H25NO2. The topological polar surface area (TPSA) is 41.5 Å². The van der Waals surface area contributed by atoms with Gasteiger partial charge in [0.2, 0.25) is 0 Å². The number of rotatable bonds is 7. The fourth-order valence-corrected chi connectivity index (χ4v) is 2.00. The van der Waals surface area contributed by atoms with Gasteiger partial charge in [0.25, 0.3) is 0 Å². The van der Waals surface area contributed by atoms with E-state index in [1.165, 1.54) is 5.56 Å². The Morgan fingerprint density at radius 3 is 2.22 bits per heavy atom. The molecule has 0 fully saturated rings. The average molecular weight is 251 g/mol. The third-order valence-corrected chi connectivity index (χ3v) is 3.07. The number of nitrogens with one attached hydrogen (secondary N) is 1. The van der Waals surface area contributed by atoms with E-state index in [1.807, 2.05) is 19.1 Å². The van der Waals surface area contributed by atoms with Crippen LogP contribution >= 0.6 is 0 Å². The number of benzene rings is 1. The molecule has 0 bridgehead atoms. The number of ether oxygens (including phenoxy) is 1. The first-order valence-corrected chi connectivity index (χ1v) is 6.60. The van der Waals surface area contributed by atoms with Gasteiger partial charge in [0, 0.05) is 6.04 Å². The number of hydrogen-bond donors (Lipinski definition) is 2. The van der Waals surface area contributed by atoms with Crippen molar-refractivity contribution in [3.8, 4) is 5.75 Å². The van der Waals surface area contributed by atoms with E-state index >= 15 is 0 Å². The first kappa shape index (κ1) is 15.0. The van der Waals surface area contributed by atoms with Crippen molar-refractivity contribution in [2.75, 3.05) is 13.7 Å². The molecule has 0 amide bonds. The molecule has 0 aliphatic heterocycles. The maximum atomic E-state index is 9.29. The zero-order valence-corrected chi connectivity index (χ0v) is 11.8. The molecule has 2 unspecified atom stereocenters. The zero-order valence-electron chi connectivity index (χ0n) is 11.8. The van der Waals surface area contributed by atoms with E-state index in [1.54, 1.807) is 7.11 Å². The lowest BCUT2D eigenvalue weighted by atomic mass is 9.96. The summed E-state index contributed by atoms with van der Waals surface area (Å²) >= 11 is 0. The van der Waals surface area contributed by atoms with Gasteiger partial charge in [0.1, 0.15) is 5.75 Å². The molecule has 0 aromatic heterocycles. The van der Waals surface area contributed by atoms with Crippen LogP contribution in [-0.2, 0) is 0 Å². The highest BCUT2D eigenvalue weighted by atomic mass is 16.5. The van der Waals surface area contributed by atoms with E-state index in [0.29, 0.717) is 12.0 Å². The SMILES string of the molecule is COc1ccc(C(NCCC(C)O)C(C)C)cc1. The van der Waals surface area contributed by atoms with Crippen molar-refractivity contribution in [3.05, 3.63) is 29.8 Å². The summed E-state index contributed by atoms with van der Waals surface area (Å²) in [6.45, 7) is 7.04. The largest absolute Gasteiger partial charge is 0.497 e. The van der Waals surface area contributed by atoms with Gasteiger partial charge >= 0.3 is 0 Å². The lowest BCUT2D eigenvalue weighted by Crippen LogP contribution is -2.28. The van der Waals surface area contributed by atoms with Crippen LogP contribution in [0.5, 0.6) is 5.75 Å². The highest BCUT2D eigenvalue weighted by molar-refractivity contribution is 5.29. The molecule has 0 radical (unpaired) electrons. The highest BCUT2D eigenvalue weighted by Gasteiger charge is 2.15. The van der Waals surface area contributed by atoms with E-state index < -0.39 is 0 Å². The Morgan fingerprint density at radius 1 is 1.17 bits per heavy atom. The van der Waals surface area contributed by atoms with E-state index in [2.05, 4.69) is 31.3 Å². The molecule has 0 heterocycles. The normalized spacial score (nSPS) is 14.6. The standard InChI is InChI=1S/C15H25NO2/c1-11(2)15(16-10-9-12(3)17)13-5-7-14(18-4)8-6-13/h5-8,11-12,15-17H,9-10H2,1-4H3. The van der Waals surface area contributed by atoms with Crippen LogP contribution in [0.1, 0.15) is 38.8 Å². The predicted molar refractivity (Wildman–Crippen MR) is 74.9 cm³/mol. The monoisotopic (exact) mass is 251 g/mol. The van der Waals surface area contributed by atoms with Gasteiger partial charge in [-0.2, -0.15) is 0 Å². The Balaban J connectivity index is 2.65. The molecule has 0 saturated heterocycles. The lowest BCUT2D eigenvalue weighted by molar-refractivity contribution is 0.180. The number of hydrogen-bond acceptors (Lipinski definition) is 3. The van der Waals surface area contributed by atoms with Crippen LogP contribution in [0, 0.1) is 5.92 Å². The van der Waals surface area contributed by atoms with Crippen LogP contribution in [0.25, 0.3) is 0 Å². The van der Waals surface area contributed by atoms with Gasteiger partial charge in [-0.05, 0) is 43.5 Å². The summed E-state index contributed by atoms with van der Waals surface area (Å²) in [7, 11) is 1.68. The van der Waals surface area contributed by atoms with Gasteiger partial charge in [-0.25, -0.2) is 0 Å². The molecule has 0 spiro atoms. The summed E-state index contributed by atoms with van der Waals surface area (Å²) < 4.78 is 5.17. The van der Waals surface area contributed by atoms with Crippen LogP contribution in [-0.4, -0.2) is 24.9 Å². The summed E-state index contributed by atoms with van der Waals surface area (Å²) in [6, 6.07) is 8.48. The Morgan fingerprint density at radius 2 is 1.78 bits per heavy atom. The second kappa shape index (κ2) is 7.39. The maximum absolute atomic E-state index is 9.29. The van der Waals surface area contributed by atoms with Crippen molar-refractivity contribution >= 4 is 0 Å². The molecule has 2 N–H and O–H groups in total. The molecule has 1 aromatic carbocycles. The molecular weight excluding hydrogens is 226 g/mol. The fourth-order valence-electron chi connectivity index (χ4n) is 2.00. The van der Waals surface area contributed by atoms with Crippen molar-refractivity contribution in [1.29, 1.82) is 0 Å². The number of aliphatic hydroxyl groups is 1. The van der Waals surface area contributed by atoms with Crippen molar-refractivity contribution in [2.45, 2.75) is 39.3 Å². The fraction of sp³-hybridized carbons (Fsp3) is 0.600. The van der Waals surface area contributed by atoms with Crippen LogP contribution in [0.4, 0.5) is 0 Å². The van der Waals surface area contributed by atoms with Crippen molar-refractivity contribution in [2.24, 2.45) is 5.92 Å². The van der Waals surface area contributed by atoms with Crippen molar-refractivity contribution in [1.82, 2.24) is 5.32 Å². The van der Waals surface area contributed by atoms with E-state index in [0.717, 1.165) is 18.7 Å². The first-order valence-electron chi connectivity index (χ1n) is 6.60. The number of methoxy groups -OCH3 is 1. The highest BCUT2D eigenvalue weighted by Crippen LogP contribution is 2.23. The second-order valence-corrected chi connectivity index (χ2v) is 5.09. The summed E-state index contributed by atoms with van der Waals surface area (Å²) in [5.74, 6) is 1.39. The summed E-state index contributed by atoms with van der Waals surface area (Å²) in [5.41, 5.74) is 1.26. The molecule has 0 aliphatic rings. The quantitative estimate of drug-likeness (QED) is 0.783. The molecule has 102 valence electrons. The van der Waals surface area contributed by atoms with Crippen molar-refractivity contribution < 1.29 is 9.84 Å². The molecule has 3 nitrogen and oxygen atoms in total. The molecule has 18 heavy (non-hydrogen) atoms. The first-order chi connectivity index (χ1) is 8.54. The Hall–Kier alpha value is -1.06. The van der Waals surface area contributed by atoms with Crippen LogP contribution in [0.15, 0.2) is 24.3 Å². The van der Waals surface area contributed by atoms with Gasteiger partial charge in [-0.3, -0.25) is 0 Å². The minimum absolute atomic E-state index is 0.249. The van der Waals surface area contributed by atoms with E-state index in [9.17, 15) is 5.11 Å². The average Bonchev–Trinajstić information content (AvgIpc) is 2.34. The predicted octanol–water partition coefficient (Wildman–Crippen LogP) is 2.75. The zero-order chi connectivity index (χ0) is 13.5. The molecule has 3 heteroatoms.